The monoisotopic (exact) mass is 322 g/mol. The van der Waals surface area contributed by atoms with Crippen molar-refractivity contribution >= 4 is 22.7 Å². The third-order valence-corrected chi connectivity index (χ3v) is 5.82. The minimum atomic E-state index is 0.137. The molecular weight excluding hydrogens is 296 g/mol. The summed E-state index contributed by atoms with van der Waals surface area (Å²) in [5, 5.41) is 7.06. The van der Waals surface area contributed by atoms with Crippen LogP contribution in [0.2, 0.25) is 0 Å². The highest BCUT2D eigenvalue weighted by atomic mass is 32.1. The number of hydrogen-bond acceptors (Lipinski definition) is 4. The van der Waals surface area contributed by atoms with Gasteiger partial charge in [-0.15, -0.1) is 22.7 Å². The molecule has 4 heteroatoms. The van der Waals surface area contributed by atoms with E-state index in [4.69, 9.17) is 4.98 Å². The topological polar surface area (TPSA) is 24.9 Å². The molecule has 0 aliphatic heterocycles. The van der Waals surface area contributed by atoms with E-state index < -0.39 is 0 Å². The molecule has 0 bridgehead atoms. The zero-order chi connectivity index (χ0) is 15.6. The standard InChI is InChI=1S/C17H26N2S2/c1-7-18-13(14-8-11(2)12(3)21-14)9-16-19-15(10-20-16)17(4,5)6/h8,10,13,18H,7,9H2,1-6H3. The predicted molar refractivity (Wildman–Crippen MR) is 94.7 cm³/mol. The molecule has 2 aromatic heterocycles. The minimum absolute atomic E-state index is 0.137. The van der Waals surface area contributed by atoms with Gasteiger partial charge in [-0.2, -0.15) is 0 Å². The minimum Gasteiger partial charge on any atom is -0.309 e. The van der Waals surface area contributed by atoms with Gasteiger partial charge in [-0.1, -0.05) is 27.7 Å². The Bertz CT molecular complexity index is 571. The van der Waals surface area contributed by atoms with E-state index in [1.807, 2.05) is 11.3 Å². The first-order valence-corrected chi connectivity index (χ1v) is 9.26. The van der Waals surface area contributed by atoms with Gasteiger partial charge in [0.25, 0.3) is 0 Å². The SMILES string of the molecule is CCNC(Cc1nc(C(C)(C)C)cs1)c1cc(C)c(C)s1. The molecule has 21 heavy (non-hydrogen) atoms. The number of aromatic nitrogens is 1. The van der Waals surface area contributed by atoms with Crippen molar-refractivity contribution in [1.29, 1.82) is 0 Å². The van der Waals surface area contributed by atoms with Crippen LogP contribution in [0.5, 0.6) is 0 Å². The lowest BCUT2D eigenvalue weighted by atomic mass is 9.93. The maximum atomic E-state index is 4.84. The van der Waals surface area contributed by atoms with Gasteiger partial charge in [0.15, 0.2) is 0 Å². The molecule has 1 unspecified atom stereocenters. The van der Waals surface area contributed by atoms with Gasteiger partial charge in [0, 0.05) is 33.0 Å². The van der Waals surface area contributed by atoms with Crippen molar-refractivity contribution in [3.8, 4) is 0 Å². The van der Waals surface area contributed by atoms with Crippen LogP contribution in [0.1, 0.15) is 59.8 Å². The van der Waals surface area contributed by atoms with Crippen molar-refractivity contribution in [2.24, 2.45) is 0 Å². The maximum absolute atomic E-state index is 4.84. The number of nitrogens with zero attached hydrogens (tertiary/aromatic N) is 1. The van der Waals surface area contributed by atoms with E-state index in [0.29, 0.717) is 6.04 Å². The zero-order valence-corrected chi connectivity index (χ0v) is 15.5. The number of likely N-dealkylation sites (N-methyl/N-ethyl adjacent to an activating group) is 1. The number of hydrogen-bond donors (Lipinski definition) is 1. The lowest BCUT2D eigenvalue weighted by Crippen LogP contribution is -2.22. The Labute approximate surface area is 136 Å². The highest BCUT2D eigenvalue weighted by Crippen LogP contribution is 2.31. The number of nitrogens with one attached hydrogen (secondary N) is 1. The first-order valence-electron chi connectivity index (χ1n) is 7.56. The lowest BCUT2D eigenvalue weighted by Gasteiger charge is -2.16. The van der Waals surface area contributed by atoms with Gasteiger partial charge in [-0.05, 0) is 32.0 Å². The second kappa shape index (κ2) is 6.59. The van der Waals surface area contributed by atoms with Crippen molar-refractivity contribution < 1.29 is 0 Å². The van der Waals surface area contributed by atoms with Gasteiger partial charge >= 0.3 is 0 Å². The molecule has 0 fully saturated rings. The van der Waals surface area contributed by atoms with Crippen LogP contribution in [0.4, 0.5) is 0 Å². The Morgan fingerprint density at radius 3 is 2.48 bits per heavy atom. The maximum Gasteiger partial charge on any atom is 0.0947 e. The lowest BCUT2D eigenvalue weighted by molar-refractivity contribution is 0.545. The Kier molecular flexibility index (Phi) is 5.23. The summed E-state index contributed by atoms with van der Waals surface area (Å²) in [7, 11) is 0. The van der Waals surface area contributed by atoms with Gasteiger partial charge in [0.2, 0.25) is 0 Å². The van der Waals surface area contributed by atoms with Crippen molar-refractivity contribution in [2.45, 2.75) is 59.4 Å². The second-order valence-electron chi connectivity index (χ2n) is 6.58. The summed E-state index contributed by atoms with van der Waals surface area (Å²) in [5.74, 6) is 0. The van der Waals surface area contributed by atoms with Crippen molar-refractivity contribution in [2.75, 3.05) is 6.54 Å². The van der Waals surface area contributed by atoms with Crippen LogP contribution in [0, 0.1) is 13.8 Å². The smallest absolute Gasteiger partial charge is 0.0947 e. The fourth-order valence-corrected chi connectivity index (χ4v) is 4.40. The molecule has 1 atom stereocenters. The molecule has 0 amide bonds. The molecule has 0 aliphatic rings. The third-order valence-electron chi connectivity index (χ3n) is 3.68. The predicted octanol–water partition coefficient (Wildman–Crippen LogP) is 5.01. The summed E-state index contributed by atoms with van der Waals surface area (Å²) in [6.07, 6.45) is 0.980. The van der Waals surface area contributed by atoms with E-state index >= 15 is 0 Å². The van der Waals surface area contributed by atoms with Crippen LogP contribution < -0.4 is 5.32 Å². The van der Waals surface area contributed by atoms with Crippen LogP contribution in [0.3, 0.4) is 0 Å². The Hall–Kier alpha value is -0.710. The van der Waals surface area contributed by atoms with E-state index in [0.717, 1.165) is 13.0 Å². The summed E-state index contributed by atoms with van der Waals surface area (Å²) in [6, 6.07) is 2.71. The van der Waals surface area contributed by atoms with Crippen LogP contribution in [0.25, 0.3) is 0 Å². The average Bonchev–Trinajstić information content (AvgIpc) is 2.97. The molecule has 0 spiro atoms. The quantitative estimate of drug-likeness (QED) is 0.836. The van der Waals surface area contributed by atoms with Crippen molar-refractivity contribution in [3.05, 3.63) is 37.5 Å². The molecular formula is C17H26N2S2. The number of aryl methyl sites for hydroxylation is 2. The normalized spacial score (nSPS) is 13.6. The van der Waals surface area contributed by atoms with Gasteiger partial charge in [-0.25, -0.2) is 4.98 Å². The zero-order valence-electron chi connectivity index (χ0n) is 13.9. The van der Waals surface area contributed by atoms with E-state index in [-0.39, 0.29) is 5.41 Å². The van der Waals surface area contributed by atoms with E-state index in [9.17, 15) is 0 Å². The molecule has 2 nitrogen and oxygen atoms in total. The van der Waals surface area contributed by atoms with Gasteiger partial charge in [0.05, 0.1) is 10.7 Å². The molecule has 2 aromatic rings. The van der Waals surface area contributed by atoms with Crippen LogP contribution in [-0.2, 0) is 11.8 Å². The molecule has 0 aliphatic carbocycles. The van der Waals surface area contributed by atoms with Gasteiger partial charge in [0.1, 0.15) is 0 Å². The molecule has 0 aromatic carbocycles. The highest BCUT2D eigenvalue weighted by molar-refractivity contribution is 7.12. The molecule has 0 saturated heterocycles. The molecule has 116 valence electrons. The number of thiazole rings is 1. The Balaban J connectivity index is 2.18. The van der Waals surface area contributed by atoms with E-state index in [1.54, 1.807) is 11.3 Å². The number of rotatable bonds is 5. The Morgan fingerprint density at radius 1 is 1.29 bits per heavy atom. The summed E-state index contributed by atoms with van der Waals surface area (Å²) < 4.78 is 0. The first kappa shape index (κ1) is 16.7. The largest absolute Gasteiger partial charge is 0.309 e. The summed E-state index contributed by atoms with van der Waals surface area (Å²) >= 11 is 3.70. The van der Waals surface area contributed by atoms with Crippen molar-refractivity contribution in [3.63, 3.8) is 0 Å². The summed E-state index contributed by atoms with van der Waals surface area (Å²) in [5.41, 5.74) is 2.74. The van der Waals surface area contributed by atoms with Crippen molar-refractivity contribution in [1.82, 2.24) is 10.3 Å². The summed E-state index contributed by atoms with van der Waals surface area (Å²) in [6.45, 7) is 14.2. The molecule has 1 N–H and O–H groups in total. The molecule has 0 saturated carbocycles. The second-order valence-corrected chi connectivity index (χ2v) is 8.81. The van der Waals surface area contributed by atoms with Gasteiger partial charge < -0.3 is 5.32 Å². The van der Waals surface area contributed by atoms with E-state index in [1.165, 1.54) is 26.0 Å². The van der Waals surface area contributed by atoms with Crippen LogP contribution in [-0.4, -0.2) is 11.5 Å². The Morgan fingerprint density at radius 2 is 2.00 bits per heavy atom. The fraction of sp³-hybridized carbons (Fsp3) is 0.588. The third kappa shape index (κ3) is 4.15. The number of thiophene rings is 1. The average molecular weight is 323 g/mol. The van der Waals surface area contributed by atoms with Crippen LogP contribution in [0.15, 0.2) is 11.4 Å². The molecule has 2 rings (SSSR count). The highest BCUT2D eigenvalue weighted by Gasteiger charge is 2.20. The summed E-state index contributed by atoms with van der Waals surface area (Å²) in [4.78, 5) is 7.69. The molecule has 2 heterocycles. The van der Waals surface area contributed by atoms with Crippen LogP contribution >= 0.6 is 22.7 Å². The van der Waals surface area contributed by atoms with Gasteiger partial charge in [-0.3, -0.25) is 0 Å². The fourth-order valence-electron chi connectivity index (χ4n) is 2.22. The molecule has 0 radical (unpaired) electrons. The first-order chi connectivity index (χ1) is 9.81. The van der Waals surface area contributed by atoms with E-state index in [2.05, 4.69) is 58.3 Å².